The van der Waals surface area contributed by atoms with Crippen LogP contribution in [0, 0.1) is 0 Å². The van der Waals surface area contributed by atoms with Gasteiger partial charge in [-0.1, -0.05) is 331 Å². The molecule has 538 valence electrons. The Bertz CT molecular complexity index is 1780. The molecule has 0 aromatic rings. The van der Waals surface area contributed by atoms with Crippen LogP contribution < -0.4 is 5.32 Å². The summed E-state index contributed by atoms with van der Waals surface area (Å²) in [4.78, 5) is 13.4. The van der Waals surface area contributed by atoms with E-state index < -0.39 is 86.8 Å². The van der Waals surface area contributed by atoms with Gasteiger partial charge in [-0.15, -0.1) is 0 Å². The summed E-state index contributed by atoms with van der Waals surface area (Å²) in [6, 6.07) is -0.917. The minimum absolute atomic E-state index is 0.234. The molecule has 0 saturated carbocycles. The zero-order valence-corrected chi connectivity index (χ0v) is 58.8. The monoisotopic (exact) mass is 1300 g/mol. The lowest BCUT2D eigenvalue weighted by atomic mass is 9.97. The summed E-state index contributed by atoms with van der Waals surface area (Å²) in [6.45, 7) is 2.74. The molecule has 9 N–H and O–H groups in total. The highest BCUT2D eigenvalue weighted by atomic mass is 16.7. The largest absolute Gasteiger partial charge is 0.394 e. The van der Waals surface area contributed by atoms with Crippen LogP contribution in [0.4, 0.5) is 0 Å². The van der Waals surface area contributed by atoms with Crippen molar-refractivity contribution in [2.45, 2.75) is 408 Å². The first-order valence-corrected chi connectivity index (χ1v) is 38.5. The second-order valence-corrected chi connectivity index (χ2v) is 27.1. The quantitative estimate of drug-likeness (QED) is 0.0204. The molecule has 0 spiro atoms. The zero-order valence-electron chi connectivity index (χ0n) is 58.8. The topological polar surface area (TPSA) is 228 Å². The minimum atomic E-state index is -1.79. The van der Waals surface area contributed by atoms with Crippen molar-refractivity contribution in [2.75, 3.05) is 19.8 Å². The maximum Gasteiger partial charge on any atom is 0.220 e. The maximum absolute atomic E-state index is 13.4. The van der Waals surface area contributed by atoms with Crippen LogP contribution in [-0.2, 0) is 23.7 Å². The molecule has 2 aliphatic heterocycles. The third-order valence-corrected chi connectivity index (χ3v) is 18.7. The van der Waals surface area contributed by atoms with Crippen LogP contribution in [0.2, 0.25) is 0 Å². The molecule has 0 aromatic carbocycles. The van der Waals surface area contributed by atoms with Crippen LogP contribution in [0.3, 0.4) is 0 Å². The lowest BCUT2D eigenvalue weighted by Gasteiger charge is -2.46. The van der Waals surface area contributed by atoms with Gasteiger partial charge in [-0.25, -0.2) is 0 Å². The van der Waals surface area contributed by atoms with Crippen molar-refractivity contribution in [3.05, 3.63) is 60.8 Å². The summed E-state index contributed by atoms with van der Waals surface area (Å²) < 4.78 is 22.9. The molecule has 12 unspecified atom stereocenters. The lowest BCUT2D eigenvalue weighted by molar-refractivity contribution is -0.359. The molecule has 0 aliphatic carbocycles. The van der Waals surface area contributed by atoms with Crippen LogP contribution in [0.1, 0.15) is 335 Å². The molecule has 1 amide bonds. The Hall–Kier alpha value is -2.31. The van der Waals surface area contributed by atoms with Gasteiger partial charge in [-0.3, -0.25) is 4.79 Å². The van der Waals surface area contributed by atoms with Gasteiger partial charge in [0.1, 0.15) is 48.8 Å². The van der Waals surface area contributed by atoms with E-state index in [1.54, 1.807) is 6.08 Å². The Balaban J connectivity index is 1.64. The maximum atomic E-state index is 13.4. The second-order valence-electron chi connectivity index (χ2n) is 27.1. The molecule has 0 bridgehead atoms. The number of ether oxygens (including phenoxy) is 4. The number of amides is 1. The van der Waals surface area contributed by atoms with Crippen LogP contribution in [0.5, 0.6) is 0 Å². The standard InChI is InChI=1S/C78H143NO13/c1-3-5-7-9-11-13-15-17-19-21-23-25-27-29-31-32-33-34-36-38-40-42-44-46-48-50-52-54-56-58-60-62-70(83)79-66(65-89-77-75(88)73(86)76(69(64-81)91-77)92-78-74(87)72(85)71(84)68(63-80)90-78)67(82)61-59-57-55-53-51-49-47-45-43-41-39-37-35-30-28-26-24-22-20-18-16-14-12-10-8-6-4-2/h5,7,11,13,17,19,23,25,59,61,66-69,71-78,80-82,84-88H,3-4,6,8-10,12,14-16,18,20-22,24,26-58,60,62-65H2,1-2H3,(H,79,83)/b7-5-,13-11-,19-17-,25-23-,61-59+. The number of carbonyl (C=O) groups is 1. The molecule has 2 aliphatic rings. The van der Waals surface area contributed by atoms with Gasteiger partial charge in [0.15, 0.2) is 12.6 Å². The smallest absolute Gasteiger partial charge is 0.220 e. The first kappa shape index (κ1) is 85.8. The minimum Gasteiger partial charge on any atom is -0.394 e. The first-order chi connectivity index (χ1) is 45.1. The molecule has 92 heavy (non-hydrogen) atoms. The van der Waals surface area contributed by atoms with E-state index in [1.165, 1.54) is 244 Å². The van der Waals surface area contributed by atoms with E-state index in [0.717, 1.165) is 64.2 Å². The van der Waals surface area contributed by atoms with Crippen molar-refractivity contribution in [3.63, 3.8) is 0 Å². The van der Waals surface area contributed by atoms with E-state index >= 15 is 0 Å². The van der Waals surface area contributed by atoms with Crippen LogP contribution in [-0.4, -0.2) is 140 Å². The van der Waals surface area contributed by atoms with Crippen molar-refractivity contribution in [1.82, 2.24) is 5.32 Å². The number of nitrogens with one attached hydrogen (secondary N) is 1. The number of hydrogen-bond acceptors (Lipinski definition) is 13. The van der Waals surface area contributed by atoms with Gasteiger partial charge in [0, 0.05) is 6.42 Å². The zero-order chi connectivity index (χ0) is 66.6. The third-order valence-electron chi connectivity index (χ3n) is 18.7. The van der Waals surface area contributed by atoms with Crippen molar-refractivity contribution in [1.29, 1.82) is 0 Å². The predicted molar refractivity (Wildman–Crippen MR) is 378 cm³/mol. The van der Waals surface area contributed by atoms with Gasteiger partial charge < -0.3 is 65.1 Å². The van der Waals surface area contributed by atoms with Gasteiger partial charge in [0.2, 0.25) is 5.91 Å². The fourth-order valence-corrected chi connectivity index (χ4v) is 12.6. The molecular weight excluding hydrogens is 1160 g/mol. The summed E-state index contributed by atoms with van der Waals surface area (Å²) in [5, 5.41) is 87.6. The molecule has 14 nitrogen and oxygen atoms in total. The van der Waals surface area contributed by atoms with E-state index in [4.69, 9.17) is 18.9 Å². The van der Waals surface area contributed by atoms with Crippen molar-refractivity contribution in [3.8, 4) is 0 Å². The highest BCUT2D eigenvalue weighted by molar-refractivity contribution is 5.76. The number of rotatable bonds is 64. The molecule has 2 rings (SSSR count). The third kappa shape index (κ3) is 45.2. The molecule has 14 heteroatoms. The average molecular weight is 1300 g/mol. The molecular formula is C78H143NO13. The summed E-state index contributed by atoms with van der Waals surface area (Å²) >= 11 is 0. The lowest BCUT2D eigenvalue weighted by Crippen LogP contribution is -2.65. The molecule has 0 aromatic heterocycles. The highest BCUT2D eigenvalue weighted by Gasteiger charge is 2.51. The summed E-state index contributed by atoms with van der Waals surface area (Å²) in [5.74, 6) is -0.234. The van der Waals surface area contributed by atoms with Gasteiger partial charge in [-0.2, -0.15) is 0 Å². The summed E-state index contributed by atoms with van der Waals surface area (Å²) in [7, 11) is 0. The van der Waals surface area contributed by atoms with Crippen LogP contribution >= 0.6 is 0 Å². The van der Waals surface area contributed by atoms with Crippen molar-refractivity contribution in [2.24, 2.45) is 0 Å². The van der Waals surface area contributed by atoms with Crippen LogP contribution in [0.15, 0.2) is 60.8 Å². The Morgan fingerprint density at radius 3 is 1.15 bits per heavy atom. The Morgan fingerprint density at radius 2 is 0.750 bits per heavy atom. The normalized spacial score (nSPS) is 23.0. The predicted octanol–water partition coefficient (Wildman–Crippen LogP) is 16.8. The van der Waals surface area contributed by atoms with Crippen molar-refractivity contribution >= 4 is 5.91 Å². The van der Waals surface area contributed by atoms with Crippen LogP contribution in [0.25, 0.3) is 0 Å². The Kier molecular flexibility index (Phi) is 58.0. The average Bonchev–Trinajstić information content (AvgIpc) is 0.844. The Labute approximate surface area is 562 Å². The molecule has 0 radical (unpaired) electrons. The number of aliphatic hydroxyl groups is 8. The number of allylic oxidation sites excluding steroid dienone is 9. The van der Waals surface area contributed by atoms with E-state index in [9.17, 15) is 45.6 Å². The van der Waals surface area contributed by atoms with Gasteiger partial charge in [0.05, 0.1) is 32.0 Å². The fourth-order valence-electron chi connectivity index (χ4n) is 12.6. The molecule has 12 atom stereocenters. The van der Waals surface area contributed by atoms with Gasteiger partial charge in [-0.05, 0) is 57.8 Å². The molecule has 2 heterocycles. The Morgan fingerprint density at radius 1 is 0.402 bits per heavy atom. The SMILES string of the molecule is CC/C=C\C/C=C\C/C=C\C/C=C\CCCCCCCCCCCCCCCCCCCCC(=O)NC(COC1OC(CO)C(OC2OC(CO)C(O)C(O)C2O)C(O)C1O)C(O)/C=C/CCCCCCCCCCCCCCCCCCCCCCCCCCC. The highest BCUT2D eigenvalue weighted by Crippen LogP contribution is 2.30. The first-order valence-electron chi connectivity index (χ1n) is 38.5. The van der Waals surface area contributed by atoms with E-state index in [-0.39, 0.29) is 18.9 Å². The summed E-state index contributed by atoms with van der Waals surface area (Å²) in [6.07, 6.45) is 67.2. The van der Waals surface area contributed by atoms with Crippen molar-refractivity contribution < 1.29 is 64.6 Å². The molecule has 2 saturated heterocycles. The number of unbranched alkanes of at least 4 members (excludes halogenated alkanes) is 43. The summed E-state index contributed by atoms with van der Waals surface area (Å²) in [5.41, 5.74) is 0. The molecule has 2 fully saturated rings. The van der Waals surface area contributed by atoms with E-state index in [1.807, 2.05) is 6.08 Å². The number of hydrogen-bond donors (Lipinski definition) is 9. The van der Waals surface area contributed by atoms with E-state index in [2.05, 4.69) is 67.8 Å². The fraction of sp³-hybridized carbons (Fsp3) is 0.859. The number of carbonyl (C=O) groups excluding carboxylic acids is 1. The van der Waals surface area contributed by atoms with Gasteiger partial charge in [0.25, 0.3) is 0 Å². The van der Waals surface area contributed by atoms with Gasteiger partial charge >= 0.3 is 0 Å². The number of aliphatic hydroxyl groups excluding tert-OH is 8. The van der Waals surface area contributed by atoms with E-state index in [0.29, 0.717) is 6.42 Å². The second kappa shape index (κ2) is 62.2.